The summed E-state index contributed by atoms with van der Waals surface area (Å²) in [6.45, 7) is 4.36. The minimum Gasteiger partial charge on any atom is -0.508 e. The summed E-state index contributed by atoms with van der Waals surface area (Å²) in [5.41, 5.74) is 0.935. The summed E-state index contributed by atoms with van der Waals surface area (Å²) in [5.74, 6) is 0.346. The topological polar surface area (TPSA) is 23.5 Å². The quantitative estimate of drug-likeness (QED) is 0.836. The molecular formula is C12H16ClNO. The summed E-state index contributed by atoms with van der Waals surface area (Å²) in [5, 5.41) is 10.5. The number of hydrogen-bond donors (Lipinski definition) is 1. The lowest BCUT2D eigenvalue weighted by Gasteiger charge is -2.24. The van der Waals surface area contributed by atoms with Crippen LogP contribution in [0.3, 0.4) is 0 Å². The van der Waals surface area contributed by atoms with Crippen LogP contribution in [0.25, 0.3) is 0 Å². The van der Waals surface area contributed by atoms with E-state index in [-0.39, 0.29) is 6.04 Å². The molecule has 0 spiro atoms. The van der Waals surface area contributed by atoms with Gasteiger partial charge in [0.2, 0.25) is 0 Å². The van der Waals surface area contributed by atoms with E-state index in [4.69, 9.17) is 11.6 Å². The van der Waals surface area contributed by atoms with Crippen LogP contribution >= 0.6 is 11.6 Å². The molecule has 3 heteroatoms. The van der Waals surface area contributed by atoms with E-state index in [1.165, 1.54) is 12.8 Å². The van der Waals surface area contributed by atoms with E-state index < -0.39 is 0 Å². The number of phenols is 1. The Morgan fingerprint density at radius 3 is 2.67 bits per heavy atom. The SMILES string of the molecule is CC(c1cc(Cl)ccc1O)N1CCCC1. The Morgan fingerprint density at radius 1 is 1.33 bits per heavy atom. The minimum absolute atomic E-state index is 0.256. The third-order valence-corrected chi connectivity index (χ3v) is 3.36. The van der Waals surface area contributed by atoms with Gasteiger partial charge in [-0.1, -0.05) is 11.6 Å². The van der Waals surface area contributed by atoms with Crippen molar-refractivity contribution in [3.63, 3.8) is 0 Å². The predicted octanol–water partition coefficient (Wildman–Crippen LogP) is 3.20. The van der Waals surface area contributed by atoms with Gasteiger partial charge in [-0.2, -0.15) is 0 Å². The van der Waals surface area contributed by atoms with Crippen molar-refractivity contribution in [2.45, 2.75) is 25.8 Å². The van der Waals surface area contributed by atoms with Crippen molar-refractivity contribution in [2.75, 3.05) is 13.1 Å². The Balaban J connectivity index is 2.23. The van der Waals surface area contributed by atoms with Crippen LogP contribution in [0.1, 0.15) is 31.4 Å². The van der Waals surface area contributed by atoms with Crippen molar-refractivity contribution in [3.05, 3.63) is 28.8 Å². The van der Waals surface area contributed by atoms with Crippen LogP contribution in [0.5, 0.6) is 5.75 Å². The molecular weight excluding hydrogens is 210 g/mol. The first-order valence-electron chi connectivity index (χ1n) is 5.41. The van der Waals surface area contributed by atoms with Crippen molar-refractivity contribution in [2.24, 2.45) is 0 Å². The number of hydrogen-bond acceptors (Lipinski definition) is 2. The largest absolute Gasteiger partial charge is 0.508 e. The Morgan fingerprint density at radius 2 is 2.00 bits per heavy atom. The molecule has 82 valence electrons. The first-order valence-corrected chi connectivity index (χ1v) is 5.79. The van der Waals surface area contributed by atoms with Crippen molar-refractivity contribution in [3.8, 4) is 5.75 Å². The van der Waals surface area contributed by atoms with Crippen LogP contribution in [0.4, 0.5) is 0 Å². The van der Waals surface area contributed by atoms with Gasteiger partial charge in [0.1, 0.15) is 5.75 Å². The van der Waals surface area contributed by atoms with Gasteiger partial charge < -0.3 is 5.11 Å². The zero-order chi connectivity index (χ0) is 10.8. The maximum absolute atomic E-state index is 9.78. The molecule has 0 aliphatic carbocycles. The lowest BCUT2D eigenvalue weighted by atomic mass is 10.1. The summed E-state index contributed by atoms with van der Waals surface area (Å²) < 4.78 is 0. The predicted molar refractivity (Wildman–Crippen MR) is 62.3 cm³/mol. The first-order chi connectivity index (χ1) is 7.18. The van der Waals surface area contributed by atoms with Crippen LogP contribution in [-0.4, -0.2) is 23.1 Å². The molecule has 1 atom stereocenters. The average Bonchev–Trinajstić information content (AvgIpc) is 2.74. The zero-order valence-electron chi connectivity index (χ0n) is 8.91. The number of likely N-dealkylation sites (tertiary alicyclic amines) is 1. The fraction of sp³-hybridized carbons (Fsp3) is 0.500. The van der Waals surface area contributed by atoms with E-state index in [0.29, 0.717) is 10.8 Å². The molecule has 15 heavy (non-hydrogen) atoms. The van der Waals surface area contributed by atoms with E-state index >= 15 is 0 Å². The molecule has 1 fully saturated rings. The summed E-state index contributed by atoms with van der Waals surface area (Å²) >= 11 is 5.94. The second kappa shape index (κ2) is 4.42. The van der Waals surface area contributed by atoms with Gasteiger partial charge in [-0.15, -0.1) is 0 Å². The molecule has 0 radical (unpaired) electrons. The molecule has 1 aromatic carbocycles. The molecule has 1 heterocycles. The van der Waals surface area contributed by atoms with Gasteiger partial charge in [0, 0.05) is 16.6 Å². The number of benzene rings is 1. The molecule has 1 unspecified atom stereocenters. The highest BCUT2D eigenvalue weighted by atomic mass is 35.5. The summed E-state index contributed by atoms with van der Waals surface area (Å²) in [6.07, 6.45) is 2.51. The number of nitrogens with zero attached hydrogens (tertiary/aromatic N) is 1. The van der Waals surface area contributed by atoms with E-state index in [1.807, 2.05) is 6.07 Å². The molecule has 1 N–H and O–H groups in total. The highest BCUT2D eigenvalue weighted by Gasteiger charge is 2.21. The Labute approximate surface area is 95.5 Å². The molecule has 2 nitrogen and oxygen atoms in total. The van der Waals surface area contributed by atoms with E-state index in [2.05, 4.69) is 11.8 Å². The van der Waals surface area contributed by atoms with Gasteiger partial charge in [-0.3, -0.25) is 4.90 Å². The van der Waals surface area contributed by atoms with E-state index in [0.717, 1.165) is 18.7 Å². The van der Waals surface area contributed by atoms with Crippen LogP contribution in [0, 0.1) is 0 Å². The molecule has 1 aliphatic rings. The molecule has 0 bridgehead atoms. The van der Waals surface area contributed by atoms with Crippen molar-refractivity contribution in [1.29, 1.82) is 0 Å². The van der Waals surface area contributed by atoms with Gasteiger partial charge in [0.05, 0.1) is 0 Å². The molecule has 1 aromatic rings. The number of phenolic OH excluding ortho intramolecular Hbond substituents is 1. The van der Waals surface area contributed by atoms with Crippen molar-refractivity contribution < 1.29 is 5.11 Å². The lowest BCUT2D eigenvalue weighted by Crippen LogP contribution is -2.23. The third kappa shape index (κ3) is 2.27. The normalized spacial score (nSPS) is 19.3. The summed E-state index contributed by atoms with van der Waals surface area (Å²) in [6, 6.07) is 5.51. The monoisotopic (exact) mass is 225 g/mol. The summed E-state index contributed by atoms with van der Waals surface area (Å²) in [7, 11) is 0. The first kappa shape index (κ1) is 10.8. The van der Waals surface area contributed by atoms with Crippen LogP contribution < -0.4 is 0 Å². The number of halogens is 1. The van der Waals surface area contributed by atoms with Crippen molar-refractivity contribution >= 4 is 11.6 Å². The Kier molecular flexibility index (Phi) is 3.17. The molecule has 2 rings (SSSR count). The second-order valence-corrected chi connectivity index (χ2v) is 4.56. The van der Waals surface area contributed by atoms with Crippen molar-refractivity contribution in [1.82, 2.24) is 4.90 Å². The highest BCUT2D eigenvalue weighted by Crippen LogP contribution is 2.32. The van der Waals surface area contributed by atoms with Gasteiger partial charge in [0.15, 0.2) is 0 Å². The van der Waals surface area contributed by atoms with Crippen LogP contribution in [-0.2, 0) is 0 Å². The second-order valence-electron chi connectivity index (χ2n) is 4.12. The fourth-order valence-corrected chi connectivity index (χ4v) is 2.37. The molecule has 0 aromatic heterocycles. The van der Waals surface area contributed by atoms with E-state index in [1.54, 1.807) is 12.1 Å². The number of aromatic hydroxyl groups is 1. The van der Waals surface area contributed by atoms with Gasteiger partial charge in [0.25, 0.3) is 0 Å². The molecule has 0 amide bonds. The van der Waals surface area contributed by atoms with Crippen LogP contribution in [0.2, 0.25) is 5.02 Å². The van der Waals surface area contributed by atoms with Gasteiger partial charge in [-0.25, -0.2) is 0 Å². The molecule has 1 saturated heterocycles. The number of rotatable bonds is 2. The van der Waals surface area contributed by atoms with Gasteiger partial charge in [-0.05, 0) is 51.1 Å². The lowest BCUT2D eigenvalue weighted by molar-refractivity contribution is 0.258. The minimum atomic E-state index is 0.256. The zero-order valence-corrected chi connectivity index (χ0v) is 9.67. The maximum atomic E-state index is 9.78. The Hall–Kier alpha value is -0.730. The highest BCUT2D eigenvalue weighted by molar-refractivity contribution is 6.30. The maximum Gasteiger partial charge on any atom is 0.120 e. The van der Waals surface area contributed by atoms with E-state index in [9.17, 15) is 5.11 Å². The standard InChI is InChI=1S/C12H16ClNO/c1-9(14-6-2-3-7-14)11-8-10(13)4-5-12(11)15/h4-5,8-9,15H,2-3,6-7H2,1H3. The molecule has 0 saturated carbocycles. The smallest absolute Gasteiger partial charge is 0.120 e. The third-order valence-electron chi connectivity index (χ3n) is 3.13. The summed E-state index contributed by atoms with van der Waals surface area (Å²) in [4.78, 5) is 2.38. The Bertz CT molecular complexity index is 347. The van der Waals surface area contributed by atoms with Gasteiger partial charge >= 0.3 is 0 Å². The van der Waals surface area contributed by atoms with Crippen LogP contribution in [0.15, 0.2) is 18.2 Å². The fourth-order valence-electron chi connectivity index (χ4n) is 2.19. The molecule has 1 aliphatic heterocycles. The average molecular weight is 226 g/mol.